The van der Waals surface area contributed by atoms with Crippen molar-refractivity contribution in [2.45, 2.75) is 13.0 Å². The number of rotatable bonds is 7. The third kappa shape index (κ3) is 4.88. The third-order valence-corrected chi connectivity index (χ3v) is 5.18. The van der Waals surface area contributed by atoms with E-state index < -0.39 is 4.92 Å². The summed E-state index contributed by atoms with van der Waals surface area (Å²) in [5.74, 6) is 0. The highest BCUT2D eigenvalue weighted by atomic mass is 32.1. The van der Waals surface area contributed by atoms with Crippen LogP contribution in [0.1, 0.15) is 12.0 Å². The largest absolute Gasteiger partial charge is 0.385 e. The highest BCUT2D eigenvalue weighted by Crippen LogP contribution is 2.27. The predicted molar refractivity (Wildman–Crippen MR) is 110 cm³/mol. The number of hydrogen-bond donors (Lipinski definition) is 0. The molecule has 9 nitrogen and oxygen atoms in total. The number of anilines is 1. The van der Waals surface area contributed by atoms with Crippen LogP contribution in [-0.2, 0) is 11.3 Å². The quantitative estimate of drug-likeness (QED) is 0.376. The summed E-state index contributed by atoms with van der Waals surface area (Å²) in [4.78, 5) is 25.4. The number of aromatic nitrogens is 1. The van der Waals surface area contributed by atoms with Crippen LogP contribution in [0, 0.1) is 32.8 Å². The zero-order valence-corrected chi connectivity index (χ0v) is 17.0. The normalized spacial score (nSPS) is 11.0. The molecule has 0 spiro atoms. The van der Waals surface area contributed by atoms with Gasteiger partial charge in [0.2, 0.25) is 0 Å². The number of nitro groups is 1. The van der Waals surface area contributed by atoms with Gasteiger partial charge in [-0.25, -0.2) is 0 Å². The number of benzene rings is 1. The van der Waals surface area contributed by atoms with Gasteiger partial charge in [0.25, 0.3) is 11.2 Å². The van der Waals surface area contributed by atoms with Crippen molar-refractivity contribution in [1.82, 2.24) is 4.57 Å². The van der Waals surface area contributed by atoms with Gasteiger partial charge in [0, 0.05) is 40.4 Å². The van der Waals surface area contributed by atoms with Crippen LogP contribution in [0.5, 0.6) is 0 Å². The van der Waals surface area contributed by atoms with E-state index in [2.05, 4.69) is 0 Å². The van der Waals surface area contributed by atoms with Gasteiger partial charge in [-0.05, 0) is 24.1 Å². The average Bonchev–Trinajstić information content (AvgIpc) is 2.98. The van der Waals surface area contributed by atoms with Crippen LogP contribution in [0.3, 0.4) is 0 Å². The van der Waals surface area contributed by atoms with Crippen LogP contribution in [-0.4, -0.2) is 37.3 Å². The fourth-order valence-corrected chi connectivity index (χ4v) is 3.78. The van der Waals surface area contributed by atoms with Gasteiger partial charge in [-0.1, -0.05) is 6.07 Å². The molecule has 0 aliphatic heterocycles. The summed E-state index contributed by atoms with van der Waals surface area (Å²) < 4.78 is 6.93. The molecule has 0 fully saturated rings. The maximum atomic E-state index is 12.8. The molecule has 2 aromatic rings. The second-order valence-corrected chi connectivity index (χ2v) is 7.25. The van der Waals surface area contributed by atoms with Crippen molar-refractivity contribution < 1.29 is 9.66 Å². The van der Waals surface area contributed by atoms with Crippen LogP contribution < -0.4 is 19.7 Å². The predicted octanol–water partition coefficient (Wildman–Crippen LogP) is 0.947. The Morgan fingerprint density at radius 1 is 1.38 bits per heavy atom. The lowest BCUT2D eigenvalue weighted by Crippen LogP contribution is -2.32. The Bertz CT molecular complexity index is 1170. The van der Waals surface area contributed by atoms with E-state index in [0.717, 1.165) is 11.3 Å². The third-order valence-electron chi connectivity index (χ3n) is 4.05. The lowest BCUT2D eigenvalue weighted by molar-refractivity contribution is -0.384. The molecule has 1 aromatic heterocycles. The molecular formula is C19H19N5O4S. The number of thiazole rings is 1. The van der Waals surface area contributed by atoms with Crippen LogP contribution in [0.25, 0.3) is 11.6 Å². The zero-order chi connectivity index (χ0) is 21.6. The number of ether oxygens (including phenoxy) is 1. The zero-order valence-electron chi connectivity index (χ0n) is 16.2. The molecule has 0 atom stereocenters. The van der Waals surface area contributed by atoms with E-state index in [1.165, 1.54) is 16.7 Å². The number of nitrogens with zero attached hydrogens (tertiary/aromatic N) is 5. The number of hydrogen-bond acceptors (Lipinski definition) is 8. The molecule has 2 rings (SSSR count). The minimum Gasteiger partial charge on any atom is -0.385 e. The topological polar surface area (TPSA) is 125 Å². The average molecular weight is 413 g/mol. The fraction of sp³-hybridized carbons (Fsp3) is 0.316. The van der Waals surface area contributed by atoms with Gasteiger partial charge in [0.1, 0.15) is 22.5 Å². The standard InChI is InChI=1S/C19H19N5O4S/c1-22(2)15-6-5-13(9-16(15)24(26)27)10-17-18(25)23(7-4-8-28-3)19(29-17)14(11-20)12-21/h5-6,9-10H,4,7-8H2,1-3H3/b17-10+. The Morgan fingerprint density at radius 3 is 2.62 bits per heavy atom. The summed E-state index contributed by atoms with van der Waals surface area (Å²) >= 11 is 1.01. The van der Waals surface area contributed by atoms with Crippen molar-refractivity contribution in [2.75, 3.05) is 32.7 Å². The molecule has 0 saturated heterocycles. The second kappa shape index (κ2) is 9.64. The van der Waals surface area contributed by atoms with Crippen LogP contribution >= 0.6 is 11.3 Å². The van der Waals surface area contributed by atoms with E-state index in [-0.39, 0.29) is 26.0 Å². The Morgan fingerprint density at radius 2 is 2.07 bits per heavy atom. The number of nitriles is 2. The van der Waals surface area contributed by atoms with Crippen molar-refractivity contribution in [3.05, 3.63) is 53.4 Å². The Balaban J connectivity index is 2.70. The summed E-state index contributed by atoms with van der Waals surface area (Å²) in [6.07, 6.45) is 2.06. The molecule has 1 heterocycles. The highest BCUT2D eigenvalue weighted by molar-refractivity contribution is 7.07. The van der Waals surface area contributed by atoms with E-state index >= 15 is 0 Å². The lowest BCUT2D eigenvalue weighted by Gasteiger charge is -2.12. The first-order chi connectivity index (χ1) is 13.8. The number of nitro benzene ring substituents is 1. The molecule has 0 aliphatic rings. The summed E-state index contributed by atoms with van der Waals surface area (Å²) in [6.45, 7) is 0.715. The second-order valence-electron chi connectivity index (χ2n) is 6.22. The van der Waals surface area contributed by atoms with Crippen LogP contribution in [0.2, 0.25) is 0 Å². The first kappa shape index (κ1) is 21.8. The van der Waals surface area contributed by atoms with Gasteiger partial charge in [-0.3, -0.25) is 19.5 Å². The molecule has 0 saturated carbocycles. The first-order valence-electron chi connectivity index (χ1n) is 8.54. The van der Waals surface area contributed by atoms with Gasteiger partial charge in [-0.15, -0.1) is 11.3 Å². The summed E-state index contributed by atoms with van der Waals surface area (Å²) in [5, 5.41) is 29.8. The molecule has 0 radical (unpaired) electrons. The van der Waals surface area contributed by atoms with E-state index in [4.69, 9.17) is 4.74 Å². The van der Waals surface area contributed by atoms with Crippen molar-refractivity contribution >= 4 is 34.4 Å². The Kier molecular flexibility index (Phi) is 7.26. The lowest BCUT2D eigenvalue weighted by atomic mass is 10.1. The van der Waals surface area contributed by atoms with Gasteiger partial charge < -0.3 is 9.64 Å². The van der Waals surface area contributed by atoms with E-state index in [0.29, 0.717) is 30.8 Å². The van der Waals surface area contributed by atoms with Crippen molar-refractivity contribution in [3.8, 4) is 12.1 Å². The molecular weight excluding hydrogens is 394 g/mol. The SMILES string of the molecule is COCCCn1c(=C(C#N)C#N)s/c(=C/c2ccc(N(C)C)c([N+](=O)[O-])c2)c1=O. The van der Waals surface area contributed by atoms with Crippen molar-refractivity contribution in [2.24, 2.45) is 0 Å². The van der Waals surface area contributed by atoms with E-state index in [9.17, 15) is 25.4 Å². The smallest absolute Gasteiger partial charge is 0.293 e. The fourth-order valence-electron chi connectivity index (χ4n) is 2.70. The van der Waals surface area contributed by atoms with Crippen molar-refractivity contribution in [1.29, 1.82) is 10.5 Å². The molecule has 0 unspecified atom stereocenters. The monoisotopic (exact) mass is 413 g/mol. The van der Waals surface area contributed by atoms with Gasteiger partial charge in [0.15, 0.2) is 5.57 Å². The molecule has 0 aliphatic carbocycles. The molecule has 0 amide bonds. The van der Waals surface area contributed by atoms with E-state index in [1.807, 2.05) is 12.1 Å². The molecule has 0 bridgehead atoms. The molecule has 10 heteroatoms. The maximum absolute atomic E-state index is 12.8. The van der Waals surface area contributed by atoms with Gasteiger partial charge in [0.05, 0.1) is 9.46 Å². The van der Waals surface area contributed by atoms with Gasteiger partial charge >= 0.3 is 0 Å². The minimum atomic E-state index is -0.479. The molecule has 0 N–H and O–H groups in total. The van der Waals surface area contributed by atoms with Crippen LogP contribution in [0.15, 0.2) is 23.0 Å². The van der Waals surface area contributed by atoms with Gasteiger partial charge in [-0.2, -0.15) is 10.5 Å². The first-order valence-corrected chi connectivity index (χ1v) is 9.36. The number of methoxy groups -OCH3 is 1. The molecule has 1 aromatic carbocycles. The summed E-state index contributed by atoms with van der Waals surface area (Å²) in [7, 11) is 4.96. The maximum Gasteiger partial charge on any atom is 0.293 e. The minimum absolute atomic E-state index is 0.0812. The highest BCUT2D eigenvalue weighted by Gasteiger charge is 2.16. The molecule has 29 heavy (non-hydrogen) atoms. The Hall–Kier alpha value is -3.47. The van der Waals surface area contributed by atoms with Crippen molar-refractivity contribution in [3.63, 3.8) is 0 Å². The van der Waals surface area contributed by atoms with E-state index in [1.54, 1.807) is 38.2 Å². The summed E-state index contributed by atoms with van der Waals surface area (Å²) in [5.41, 5.74) is 0.330. The summed E-state index contributed by atoms with van der Waals surface area (Å²) in [6, 6.07) is 8.30. The van der Waals surface area contributed by atoms with Crippen LogP contribution in [0.4, 0.5) is 11.4 Å². The Labute approximate surface area is 170 Å². The molecule has 150 valence electrons.